The van der Waals surface area contributed by atoms with Crippen molar-refractivity contribution in [1.29, 1.82) is 0 Å². The van der Waals surface area contributed by atoms with Gasteiger partial charge in [-0.3, -0.25) is 0 Å². The zero-order chi connectivity index (χ0) is 14.8. The Kier molecular flexibility index (Phi) is 4.24. The van der Waals surface area contributed by atoms with Gasteiger partial charge in [0.25, 0.3) is 0 Å². The molecule has 2 N–H and O–H groups in total. The molecule has 1 saturated heterocycles. The molecule has 1 fully saturated rings. The van der Waals surface area contributed by atoms with Crippen molar-refractivity contribution in [1.82, 2.24) is 5.32 Å². The summed E-state index contributed by atoms with van der Waals surface area (Å²) in [6, 6.07) is 14.0. The summed E-state index contributed by atoms with van der Waals surface area (Å²) in [5.41, 5.74) is 1.78. The summed E-state index contributed by atoms with van der Waals surface area (Å²) in [7, 11) is 0. The lowest BCUT2D eigenvalue weighted by molar-refractivity contribution is 0.135. The molecule has 110 valence electrons. The monoisotopic (exact) mass is 305 g/mol. The van der Waals surface area contributed by atoms with Crippen LogP contribution in [-0.4, -0.2) is 11.1 Å². The normalized spacial score (nSPS) is 23.2. The highest BCUT2D eigenvalue weighted by molar-refractivity contribution is 6.30. The minimum atomic E-state index is -0.696. The minimum Gasteiger partial charge on any atom is -0.387 e. The number of halogens is 2. The molecule has 21 heavy (non-hydrogen) atoms. The second kappa shape index (κ2) is 6.14. The van der Waals surface area contributed by atoms with E-state index in [-0.39, 0.29) is 17.9 Å². The van der Waals surface area contributed by atoms with Crippen LogP contribution in [-0.2, 0) is 0 Å². The topological polar surface area (TPSA) is 32.3 Å². The van der Waals surface area contributed by atoms with Gasteiger partial charge in [0.05, 0.1) is 6.10 Å². The van der Waals surface area contributed by atoms with Crippen molar-refractivity contribution >= 4 is 11.6 Å². The smallest absolute Gasteiger partial charge is 0.123 e. The quantitative estimate of drug-likeness (QED) is 0.898. The Balaban J connectivity index is 1.70. The van der Waals surface area contributed by atoms with Gasteiger partial charge >= 0.3 is 0 Å². The van der Waals surface area contributed by atoms with Crippen LogP contribution >= 0.6 is 11.6 Å². The maximum Gasteiger partial charge on any atom is 0.123 e. The average Bonchev–Trinajstić information content (AvgIpc) is 2.97. The Bertz CT molecular complexity index is 616. The lowest BCUT2D eigenvalue weighted by Gasteiger charge is -2.20. The van der Waals surface area contributed by atoms with Crippen molar-refractivity contribution in [3.8, 4) is 0 Å². The molecule has 1 aliphatic heterocycles. The Morgan fingerprint density at radius 3 is 2.62 bits per heavy atom. The van der Waals surface area contributed by atoms with Gasteiger partial charge in [-0.25, -0.2) is 4.39 Å². The molecule has 2 aromatic carbocycles. The maximum absolute atomic E-state index is 13.2. The van der Waals surface area contributed by atoms with Gasteiger partial charge in [-0.15, -0.1) is 0 Å². The highest BCUT2D eigenvalue weighted by Crippen LogP contribution is 2.32. The fourth-order valence-electron chi connectivity index (χ4n) is 2.90. The summed E-state index contributed by atoms with van der Waals surface area (Å²) in [6.45, 7) is 0. The van der Waals surface area contributed by atoms with Gasteiger partial charge in [0.1, 0.15) is 5.82 Å². The first-order valence-corrected chi connectivity index (χ1v) is 7.46. The summed E-state index contributed by atoms with van der Waals surface area (Å²) < 4.78 is 13.2. The highest BCUT2D eigenvalue weighted by Gasteiger charge is 2.30. The predicted molar refractivity (Wildman–Crippen MR) is 81.7 cm³/mol. The van der Waals surface area contributed by atoms with E-state index in [1.165, 1.54) is 12.1 Å². The first kappa shape index (κ1) is 14.5. The molecular weight excluding hydrogens is 289 g/mol. The van der Waals surface area contributed by atoms with Gasteiger partial charge in [-0.05, 0) is 48.2 Å². The Morgan fingerprint density at radius 1 is 1.14 bits per heavy atom. The molecule has 4 heteroatoms. The molecule has 3 rings (SSSR count). The van der Waals surface area contributed by atoms with Gasteiger partial charge in [0.15, 0.2) is 0 Å². The van der Waals surface area contributed by atoms with E-state index >= 15 is 0 Å². The highest BCUT2D eigenvalue weighted by atomic mass is 35.5. The van der Waals surface area contributed by atoms with E-state index < -0.39 is 6.10 Å². The lowest BCUT2D eigenvalue weighted by atomic mass is 10.0. The number of rotatable bonds is 3. The third kappa shape index (κ3) is 3.26. The molecule has 0 amide bonds. The minimum absolute atomic E-state index is 0.0625. The second-order valence-electron chi connectivity index (χ2n) is 5.45. The van der Waals surface area contributed by atoms with Crippen LogP contribution in [0.4, 0.5) is 4.39 Å². The SMILES string of the molecule is O[C@H](c1cccc(F)c1)[C@H]1CC[C@H](c2ccc(Cl)cc2)N1. The molecule has 0 bridgehead atoms. The number of hydrogen-bond acceptors (Lipinski definition) is 2. The first-order valence-electron chi connectivity index (χ1n) is 7.08. The van der Waals surface area contributed by atoms with Crippen molar-refractivity contribution < 1.29 is 9.50 Å². The zero-order valence-electron chi connectivity index (χ0n) is 11.5. The third-order valence-corrected chi connectivity index (χ3v) is 4.28. The summed E-state index contributed by atoms with van der Waals surface area (Å²) >= 11 is 5.90. The molecule has 0 aromatic heterocycles. The summed E-state index contributed by atoms with van der Waals surface area (Å²) in [4.78, 5) is 0. The number of hydrogen-bond donors (Lipinski definition) is 2. The van der Waals surface area contributed by atoms with Crippen LogP contribution < -0.4 is 5.32 Å². The van der Waals surface area contributed by atoms with Gasteiger partial charge in [0, 0.05) is 17.1 Å². The van der Waals surface area contributed by atoms with E-state index in [0.717, 1.165) is 18.4 Å². The fourth-order valence-corrected chi connectivity index (χ4v) is 3.03. The van der Waals surface area contributed by atoms with Crippen LogP contribution in [0.1, 0.15) is 36.1 Å². The Morgan fingerprint density at radius 2 is 1.90 bits per heavy atom. The number of benzene rings is 2. The first-order chi connectivity index (χ1) is 10.1. The van der Waals surface area contributed by atoms with E-state index in [1.807, 2.05) is 24.3 Å². The number of aliphatic hydroxyl groups excluding tert-OH is 1. The Labute approximate surface area is 128 Å². The van der Waals surface area contributed by atoms with Crippen molar-refractivity contribution in [2.75, 3.05) is 0 Å². The summed E-state index contributed by atoms with van der Waals surface area (Å²) in [5, 5.41) is 14.5. The molecular formula is C17H17ClFNO. The van der Waals surface area contributed by atoms with Crippen LogP contribution in [0.25, 0.3) is 0 Å². The largest absolute Gasteiger partial charge is 0.387 e. The van der Waals surface area contributed by atoms with Crippen molar-refractivity contribution in [3.63, 3.8) is 0 Å². The van der Waals surface area contributed by atoms with Gasteiger partial charge in [0.2, 0.25) is 0 Å². The summed E-state index contributed by atoms with van der Waals surface area (Å²) in [6.07, 6.45) is 1.10. The van der Waals surface area contributed by atoms with E-state index in [4.69, 9.17) is 11.6 Å². The molecule has 0 aliphatic carbocycles. The Hall–Kier alpha value is -1.42. The molecule has 0 unspecified atom stereocenters. The molecule has 3 atom stereocenters. The van der Waals surface area contributed by atoms with E-state index in [9.17, 15) is 9.50 Å². The molecule has 0 radical (unpaired) electrons. The molecule has 1 heterocycles. The van der Waals surface area contributed by atoms with Crippen LogP contribution in [0.15, 0.2) is 48.5 Å². The van der Waals surface area contributed by atoms with Crippen LogP contribution in [0.5, 0.6) is 0 Å². The van der Waals surface area contributed by atoms with Crippen LogP contribution in [0, 0.1) is 5.82 Å². The number of aliphatic hydroxyl groups is 1. The van der Waals surface area contributed by atoms with Gasteiger partial charge in [-0.1, -0.05) is 35.9 Å². The zero-order valence-corrected chi connectivity index (χ0v) is 12.2. The molecule has 1 aliphatic rings. The van der Waals surface area contributed by atoms with E-state index in [2.05, 4.69) is 5.32 Å². The van der Waals surface area contributed by atoms with E-state index in [1.54, 1.807) is 12.1 Å². The predicted octanol–water partition coefficient (Wildman–Crippen LogP) is 4.01. The fraction of sp³-hybridized carbons (Fsp3) is 0.294. The molecule has 0 saturated carbocycles. The molecule has 2 aromatic rings. The molecule has 0 spiro atoms. The molecule has 2 nitrogen and oxygen atoms in total. The standard InChI is InChI=1S/C17H17ClFNO/c18-13-6-4-11(5-7-13)15-8-9-16(20-15)17(21)12-2-1-3-14(19)10-12/h1-7,10,15-17,20-21H,8-9H2/t15-,16-,17-/m1/s1. The van der Waals surface area contributed by atoms with Crippen molar-refractivity contribution in [3.05, 3.63) is 70.5 Å². The third-order valence-electron chi connectivity index (χ3n) is 4.03. The van der Waals surface area contributed by atoms with Crippen molar-refractivity contribution in [2.24, 2.45) is 0 Å². The van der Waals surface area contributed by atoms with Crippen LogP contribution in [0.3, 0.4) is 0 Å². The van der Waals surface area contributed by atoms with Gasteiger partial charge < -0.3 is 10.4 Å². The second-order valence-corrected chi connectivity index (χ2v) is 5.89. The van der Waals surface area contributed by atoms with E-state index in [0.29, 0.717) is 10.6 Å². The lowest BCUT2D eigenvalue weighted by Crippen LogP contribution is -2.30. The van der Waals surface area contributed by atoms with Crippen molar-refractivity contribution in [2.45, 2.75) is 31.0 Å². The average molecular weight is 306 g/mol. The maximum atomic E-state index is 13.2. The van der Waals surface area contributed by atoms with Gasteiger partial charge in [-0.2, -0.15) is 0 Å². The summed E-state index contributed by atoms with van der Waals surface area (Å²) in [5.74, 6) is -0.321. The van der Waals surface area contributed by atoms with Crippen LogP contribution in [0.2, 0.25) is 5.02 Å². The number of nitrogens with one attached hydrogen (secondary N) is 1.